The summed E-state index contributed by atoms with van der Waals surface area (Å²) in [5.74, 6) is -0.294. The molecule has 0 aliphatic carbocycles. The van der Waals surface area contributed by atoms with Crippen LogP contribution in [0.25, 0.3) is 0 Å². The minimum absolute atomic E-state index is 0.0519. The topological polar surface area (TPSA) is 67.6 Å². The zero-order valence-corrected chi connectivity index (χ0v) is 11.5. The van der Waals surface area contributed by atoms with E-state index in [9.17, 15) is 4.79 Å². The molecule has 0 radical (unpaired) electrons. The molecular weight excluding hydrogens is 254 g/mol. The van der Waals surface area contributed by atoms with Crippen LogP contribution >= 0.6 is 0 Å². The third-order valence-electron chi connectivity index (χ3n) is 4.07. The van der Waals surface area contributed by atoms with Crippen molar-refractivity contribution >= 4 is 17.3 Å². The average molecular weight is 275 g/mol. The summed E-state index contributed by atoms with van der Waals surface area (Å²) in [5, 5.41) is 2.91. The van der Waals surface area contributed by atoms with Crippen LogP contribution in [0.5, 0.6) is 0 Å². The molecule has 2 saturated heterocycles. The number of benzene rings is 1. The van der Waals surface area contributed by atoms with Gasteiger partial charge < -0.3 is 20.7 Å². The van der Waals surface area contributed by atoms with Gasteiger partial charge in [-0.2, -0.15) is 0 Å². The number of nitrogens with two attached hydrogens (primary N) is 1. The standard InChI is InChI=1S/C15H21N3O2/c16-14-10-20-9-13(14)15(19)17-11-3-5-12(6-4-11)18-7-1-2-8-18/h3-6,13-14H,1-2,7-10,16H2,(H,17,19). The van der Waals surface area contributed by atoms with E-state index in [-0.39, 0.29) is 17.9 Å². The van der Waals surface area contributed by atoms with Crippen LogP contribution < -0.4 is 16.0 Å². The fourth-order valence-electron chi connectivity index (χ4n) is 2.81. The monoisotopic (exact) mass is 275 g/mol. The summed E-state index contributed by atoms with van der Waals surface area (Å²) in [6, 6.07) is 7.83. The molecule has 1 amide bonds. The summed E-state index contributed by atoms with van der Waals surface area (Å²) in [6.45, 7) is 3.13. The molecule has 0 spiro atoms. The smallest absolute Gasteiger partial charge is 0.231 e. The van der Waals surface area contributed by atoms with Gasteiger partial charge in [0.2, 0.25) is 5.91 Å². The van der Waals surface area contributed by atoms with E-state index in [2.05, 4.69) is 22.3 Å². The minimum Gasteiger partial charge on any atom is -0.379 e. The number of anilines is 2. The Morgan fingerprint density at radius 3 is 2.50 bits per heavy atom. The molecule has 2 aliphatic heterocycles. The maximum atomic E-state index is 12.1. The predicted molar refractivity (Wildman–Crippen MR) is 78.8 cm³/mol. The number of rotatable bonds is 3. The van der Waals surface area contributed by atoms with Gasteiger partial charge in [-0.25, -0.2) is 0 Å². The molecule has 0 saturated carbocycles. The summed E-state index contributed by atoms with van der Waals surface area (Å²) >= 11 is 0. The number of hydrogen-bond acceptors (Lipinski definition) is 4. The molecule has 5 nitrogen and oxygen atoms in total. The number of ether oxygens (including phenoxy) is 1. The van der Waals surface area contributed by atoms with Crippen LogP contribution in [0.1, 0.15) is 12.8 Å². The molecule has 2 fully saturated rings. The van der Waals surface area contributed by atoms with E-state index < -0.39 is 0 Å². The first-order valence-electron chi connectivity index (χ1n) is 7.23. The summed E-state index contributed by atoms with van der Waals surface area (Å²) in [7, 11) is 0. The molecule has 3 rings (SSSR count). The summed E-state index contributed by atoms with van der Waals surface area (Å²) in [6.07, 6.45) is 2.52. The van der Waals surface area contributed by atoms with Crippen LogP contribution in [-0.4, -0.2) is 38.3 Å². The second-order valence-electron chi connectivity index (χ2n) is 5.54. The van der Waals surface area contributed by atoms with E-state index in [1.165, 1.54) is 18.5 Å². The van der Waals surface area contributed by atoms with E-state index in [0.717, 1.165) is 18.8 Å². The highest BCUT2D eigenvalue weighted by Crippen LogP contribution is 2.22. The Hall–Kier alpha value is -1.59. The highest BCUT2D eigenvalue weighted by Gasteiger charge is 2.31. The molecule has 2 atom stereocenters. The molecule has 0 aromatic heterocycles. The highest BCUT2D eigenvalue weighted by atomic mass is 16.5. The van der Waals surface area contributed by atoms with Crippen LogP contribution in [0, 0.1) is 5.92 Å². The maximum Gasteiger partial charge on any atom is 0.231 e. The third-order valence-corrected chi connectivity index (χ3v) is 4.07. The Kier molecular flexibility index (Phi) is 3.89. The Balaban J connectivity index is 1.61. The van der Waals surface area contributed by atoms with Crippen molar-refractivity contribution in [2.75, 3.05) is 36.5 Å². The number of carbonyl (C=O) groups is 1. The molecule has 2 aliphatic rings. The summed E-state index contributed by atoms with van der Waals surface area (Å²) in [4.78, 5) is 14.5. The normalized spacial score (nSPS) is 25.9. The van der Waals surface area contributed by atoms with Crippen molar-refractivity contribution < 1.29 is 9.53 Å². The number of amides is 1. The Morgan fingerprint density at radius 1 is 1.20 bits per heavy atom. The molecule has 2 unspecified atom stereocenters. The lowest BCUT2D eigenvalue weighted by atomic mass is 10.0. The Bertz CT molecular complexity index is 469. The third kappa shape index (κ3) is 2.78. The lowest BCUT2D eigenvalue weighted by Gasteiger charge is -2.18. The van der Waals surface area contributed by atoms with Gasteiger partial charge in [0.1, 0.15) is 0 Å². The number of hydrogen-bond donors (Lipinski definition) is 2. The number of nitrogens with one attached hydrogen (secondary N) is 1. The first kappa shape index (κ1) is 13.4. The van der Waals surface area contributed by atoms with Crippen molar-refractivity contribution in [2.24, 2.45) is 11.7 Å². The van der Waals surface area contributed by atoms with E-state index >= 15 is 0 Å². The van der Waals surface area contributed by atoms with Crippen molar-refractivity contribution in [1.82, 2.24) is 0 Å². The fraction of sp³-hybridized carbons (Fsp3) is 0.533. The number of nitrogens with zero attached hydrogens (tertiary/aromatic N) is 1. The minimum atomic E-state index is -0.242. The van der Waals surface area contributed by atoms with E-state index in [1.54, 1.807) is 0 Å². The zero-order chi connectivity index (χ0) is 13.9. The van der Waals surface area contributed by atoms with Gasteiger partial charge in [0, 0.05) is 30.5 Å². The van der Waals surface area contributed by atoms with Crippen molar-refractivity contribution in [3.05, 3.63) is 24.3 Å². The second kappa shape index (κ2) is 5.81. The van der Waals surface area contributed by atoms with Crippen molar-refractivity contribution in [1.29, 1.82) is 0 Å². The molecule has 1 aromatic carbocycles. The lowest BCUT2D eigenvalue weighted by Crippen LogP contribution is -2.37. The van der Waals surface area contributed by atoms with Gasteiger partial charge in [0.05, 0.1) is 19.1 Å². The highest BCUT2D eigenvalue weighted by molar-refractivity contribution is 5.93. The van der Waals surface area contributed by atoms with Gasteiger partial charge in [-0.3, -0.25) is 4.79 Å². The molecular formula is C15H21N3O2. The Morgan fingerprint density at radius 2 is 1.90 bits per heavy atom. The molecule has 5 heteroatoms. The van der Waals surface area contributed by atoms with Crippen LogP contribution in [0.2, 0.25) is 0 Å². The van der Waals surface area contributed by atoms with Gasteiger partial charge in [-0.1, -0.05) is 0 Å². The van der Waals surface area contributed by atoms with Gasteiger partial charge in [0.15, 0.2) is 0 Å². The first-order chi connectivity index (χ1) is 9.74. The molecule has 3 N–H and O–H groups in total. The van der Waals surface area contributed by atoms with E-state index in [1.807, 2.05) is 12.1 Å². The average Bonchev–Trinajstić information content (AvgIpc) is 3.10. The molecule has 2 heterocycles. The van der Waals surface area contributed by atoms with Gasteiger partial charge in [0.25, 0.3) is 0 Å². The summed E-state index contributed by atoms with van der Waals surface area (Å²) < 4.78 is 5.22. The van der Waals surface area contributed by atoms with Crippen molar-refractivity contribution in [2.45, 2.75) is 18.9 Å². The van der Waals surface area contributed by atoms with Crippen LogP contribution in [0.15, 0.2) is 24.3 Å². The second-order valence-corrected chi connectivity index (χ2v) is 5.54. The predicted octanol–water partition coefficient (Wildman–Crippen LogP) is 1.20. The van der Waals surface area contributed by atoms with Crippen molar-refractivity contribution in [3.63, 3.8) is 0 Å². The SMILES string of the molecule is NC1COCC1C(=O)Nc1ccc(N2CCCC2)cc1. The fourth-order valence-corrected chi connectivity index (χ4v) is 2.81. The Labute approximate surface area is 119 Å². The quantitative estimate of drug-likeness (QED) is 0.870. The van der Waals surface area contributed by atoms with Crippen LogP contribution in [0.3, 0.4) is 0 Å². The van der Waals surface area contributed by atoms with E-state index in [4.69, 9.17) is 10.5 Å². The first-order valence-corrected chi connectivity index (χ1v) is 7.23. The zero-order valence-electron chi connectivity index (χ0n) is 11.5. The summed E-state index contributed by atoms with van der Waals surface area (Å²) in [5.41, 5.74) is 7.89. The van der Waals surface area contributed by atoms with Crippen LogP contribution in [-0.2, 0) is 9.53 Å². The largest absolute Gasteiger partial charge is 0.379 e. The molecule has 1 aromatic rings. The lowest BCUT2D eigenvalue weighted by molar-refractivity contribution is -0.120. The maximum absolute atomic E-state index is 12.1. The number of carbonyl (C=O) groups excluding carboxylic acids is 1. The molecule has 20 heavy (non-hydrogen) atoms. The molecule has 0 bridgehead atoms. The van der Waals surface area contributed by atoms with Gasteiger partial charge in [-0.05, 0) is 37.1 Å². The van der Waals surface area contributed by atoms with Gasteiger partial charge >= 0.3 is 0 Å². The van der Waals surface area contributed by atoms with Crippen LogP contribution in [0.4, 0.5) is 11.4 Å². The molecule has 108 valence electrons. The van der Waals surface area contributed by atoms with E-state index in [0.29, 0.717) is 13.2 Å². The van der Waals surface area contributed by atoms with Gasteiger partial charge in [-0.15, -0.1) is 0 Å². The van der Waals surface area contributed by atoms with Crippen molar-refractivity contribution in [3.8, 4) is 0 Å².